The molecule has 1 N–H and O–H groups in total. The summed E-state index contributed by atoms with van der Waals surface area (Å²) in [7, 11) is 2.21. The van der Waals surface area contributed by atoms with Gasteiger partial charge in [-0.1, -0.05) is 24.3 Å². The average Bonchev–Trinajstić information content (AvgIpc) is 2.58. The number of piperidine rings is 1. The molecule has 23 heavy (non-hydrogen) atoms. The van der Waals surface area contributed by atoms with Gasteiger partial charge in [0.15, 0.2) is 0 Å². The second-order valence-corrected chi connectivity index (χ2v) is 6.81. The lowest BCUT2D eigenvalue weighted by molar-refractivity contribution is 0.229. The Labute approximate surface area is 139 Å². The Morgan fingerprint density at radius 3 is 2.52 bits per heavy atom. The number of hydrogen-bond acceptors (Lipinski definition) is 3. The lowest BCUT2D eigenvalue weighted by atomic mass is 9.94. The third-order valence-electron chi connectivity index (χ3n) is 5.00. The predicted molar refractivity (Wildman–Crippen MR) is 95.7 cm³/mol. The number of rotatable bonds is 4. The summed E-state index contributed by atoms with van der Waals surface area (Å²) in [6.07, 6.45) is 6.24. The van der Waals surface area contributed by atoms with Crippen LogP contribution < -0.4 is 5.32 Å². The first-order chi connectivity index (χ1) is 11.1. The summed E-state index contributed by atoms with van der Waals surface area (Å²) in [5.41, 5.74) is 5.27. The van der Waals surface area contributed by atoms with Crippen molar-refractivity contribution in [3.63, 3.8) is 0 Å². The van der Waals surface area contributed by atoms with Gasteiger partial charge in [0.05, 0.1) is 6.04 Å². The molecule has 1 saturated heterocycles. The molecule has 0 radical (unpaired) electrons. The molecule has 1 aromatic heterocycles. The van der Waals surface area contributed by atoms with Gasteiger partial charge in [-0.15, -0.1) is 0 Å². The molecule has 0 spiro atoms. The first-order valence-electron chi connectivity index (χ1n) is 8.55. The van der Waals surface area contributed by atoms with Crippen molar-refractivity contribution in [1.82, 2.24) is 15.2 Å². The molecule has 1 aliphatic rings. The van der Waals surface area contributed by atoms with Gasteiger partial charge in [0.2, 0.25) is 0 Å². The standard InChI is InChI=1S/C20H27N3/c1-15-6-7-17(13-16(15)2)20(18-5-4-10-21-14-18)22-19-8-11-23(3)12-9-19/h4-7,10,13-14,19-20,22H,8-9,11-12H2,1-3H3/t20-/m1/s1. The summed E-state index contributed by atoms with van der Waals surface area (Å²) in [5, 5.41) is 3.89. The molecule has 2 heterocycles. The average molecular weight is 309 g/mol. The fourth-order valence-corrected chi connectivity index (χ4v) is 3.29. The fourth-order valence-electron chi connectivity index (χ4n) is 3.29. The number of nitrogens with zero attached hydrogens (tertiary/aromatic N) is 2. The van der Waals surface area contributed by atoms with Crippen LogP contribution in [-0.2, 0) is 0 Å². The zero-order valence-corrected chi connectivity index (χ0v) is 14.4. The Hall–Kier alpha value is -1.71. The summed E-state index contributed by atoms with van der Waals surface area (Å²) >= 11 is 0. The number of aromatic nitrogens is 1. The monoisotopic (exact) mass is 309 g/mol. The highest BCUT2D eigenvalue weighted by Crippen LogP contribution is 2.25. The fraction of sp³-hybridized carbons (Fsp3) is 0.450. The SMILES string of the molecule is Cc1ccc([C@@H](NC2CCN(C)CC2)c2cccnc2)cc1C. The smallest absolute Gasteiger partial charge is 0.0594 e. The van der Waals surface area contributed by atoms with Gasteiger partial charge >= 0.3 is 0 Å². The van der Waals surface area contributed by atoms with Gasteiger partial charge in [0.1, 0.15) is 0 Å². The van der Waals surface area contributed by atoms with E-state index in [1.54, 1.807) is 0 Å². The molecule has 3 nitrogen and oxygen atoms in total. The molecule has 1 fully saturated rings. The van der Waals surface area contributed by atoms with Crippen molar-refractivity contribution in [2.45, 2.75) is 38.8 Å². The molecular formula is C20H27N3. The largest absolute Gasteiger partial charge is 0.306 e. The zero-order valence-electron chi connectivity index (χ0n) is 14.4. The van der Waals surface area contributed by atoms with Crippen LogP contribution in [0.3, 0.4) is 0 Å². The zero-order chi connectivity index (χ0) is 16.2. The second-order valence-electron chi connectivity index (χ2n) is 6.81. The Kier molecular flexibility index (Phi) is 5.09. The first-order valence-corrected chi connectivity index (χ1v) is 8.55. The normalized spacial score (nSPS) is 18.0. The molecule has 0 saturated carbocycles. The van der Waals surface area contributed by atoms with E-state index < -0.39 is 0 Å². The molecule has 0 bridgehead atoms. The minimum absolute atomic E-state index is 0.219. The van der Waals surface area contributed by atoms with E-state index in [2.05, 4.69) is 60.4 Å². The molecule has 122 valence electrons. The van der Waals surface area contributed by atoms with E-state index >= 15 is 0 Å². The third kappa shape index (κ3) is 3.98. The quantitative estimate of drug-likeness (QED) is 0.937. The summed E-state index contributed by atoms with van der Waals surface area (Å²) in [4.78, 5) is 6.74. The Balaban J connectivity index is 1.86. The van der Waals surface area contributed by atoms with E-state index in [0.29, 0.717) is 6.04 Å². The maximum absolute atomic E-state index is 4.33. The van der Waals surface area contributed by atoms with Crippen LogP contribution in [0.4, 0.5) is 0 Å². The molecule has 0 aliphatic carbocycles. The number of likely N-dealkylation sites (tertiary alicyclic amines) is 1. The third-order valence-corrected chi connectivity index (χ3v) is 5.00. The van der Waals surface area contributed by atoms with Crippen molar-refractivity contribution in [2.75, 3.05) is 20.1 Å². The first kappa shape index (κ1) is 16.2. The van der Waals surface area contributed by atoms with Gasteiger partial charge in [0, 0.05) is 18.4 Å². The summed E-state index contributed by atoms with van der Waals surface area (Å²) in [5.74, 6) is 0. The summed E-state index contributed by atoms with van der Waals surface area (Å²) < 4.78 is 0. The molecule has 0 amide bonds. The van der Waals surface area contributed by atoms with Gasteiger partial charge in [0.25, 0.3) is 0 Å². The van der Waals surface area contributed by atoms with Crippen molar-refractivity contribution in [3.8, 4) is 0 Å². The minimum Gasteiger partial charge on any atom is -0.306 e. The predicted octanol–water partition coefficient (Wildman–Crippen LogP) is 3.47. The Bertz CT molecular complexity index is 631. The number of hydrogen-bond donors (Lipinski definition) is 1. The molecule has 1 aliphatic heterocycles. The number of pyridine rings is 1. The van der Waals surface area contributed by atoms with Crippen LogP contribution in [0.25, 0.3) is 0 Å². The van der Waals surface area contributed by atoms with Crippen molar-refractivity contribution in [3.05, 3.63) is 65.0 Å². The van der Waals surface area contributed by atoms with Gasteiger partial charge in [-0.2, -0.15) is 0 Å². The van der Waals surface area contributed by atoms with Gasteiger partial charge < -0.3 is 10.2 Å². The molecule has 1 atom stereocenters. The van der Waals surface area contributed by atoms with Crippen molar-refractivity contribution >= 4 is 0 Å². The van der Waals surface area contributed by atoms with Crippen molar-refractivity contribution < 1.29 is 0 Å². The van der Waals surface area contributed by atoms with E-state index in [9.17, 15) is 0 Å². The lowest BCUT2D eigenvalue weighted by Crippen LogP contribution is -2.42. The van der Waals surface area contributed by atoms with Gasteiger partial charge in [-0.25, -0.2) is 0 Å². The van der Waals surface area contributed by atoms with Crippen LogP contribution in [0.1, 0.15) is 41.1 Å². The van der Waals surface area contributed by atoms with Crippen LogP contribution in [0, 0.1) is 13.8 Å². The van der Waals surface area contributed by atoms with E-state index in [0.717, 1.165) is 0 Å². The Morgan fingerprint density at radius 1 is 1.09 bits per heavy atom. The lowest BCUT2D eigenvalue weighted by Gasteiger charge is -2.33. The Morgan fingerprint density at radius 2 is 1.87 bits per heavy atom. The molecule has 2 aromatic rings. The van der Waals surface area contributed by atoms with Crippen LogP contribution in [0.2, 0.25) is 0 Å². The molecule has 0 unspecified atom stereocenters. The maximum atomic E-state index is 4.33. The molecule has 3 heteroatoms. The second kappa shape index (κ2) is 7.24. The van der Waals surface area contributed by atoms with Crippen LogP contribution >= 0.6 is 0 Å². The summed E-state index contributed by atoms with van der Waals surface area (Å²) in [6.45, 7) is 6.70. The molecule has 3 rings (SSSR count). The highest BCUT2D eigenvalue weighted by Gasteiger charge is 2.22. The van der Waals surface area contributed by atoms with E-state index in [1.165, 1.54) is 48.2 Å². The van der Waals surface area contributed by atoms with E-state index in [-0.39, 0.29) is 6.04 Å². The highest BCUT2D eigenvalue weighted by atomic mass is 15.1. The van der Waals surface area contributed by atoms with Crippen LogP contribution in [0.5, 0.6) is 0 Å². The maximum Gasteiger partial charge on any atom is 0.0594 e. The van der Waals surface area contributed by atoms with Crippen molar-refractivity contribution in [1.29, 1.82) is 0 Å². The molecular weight excluding hydrogens is 282 g/mol. The number of benzene rings is 1. The topological polar surface area (TPSA) is 28.2 Å². The summed E-state index contributed by atoms with van der Waals surface area (Å²) in [6, 6.07) is 11.8. The highest BCUT2D eigenvalue weighted by molar-refractivity contribution is 5.36. The van der Waals surface area contributed by atoms with Gasteiger partial charge in [-0.05, 0) is 75.1 Å². The minimum atomic E-state index is 0.219. The van der Waals surface area contributed by atoms with Crippen LogP contribution in [0.15, 0.2) is 42.7 Å². The van der Waals surface area contributed by atoms with Crippen LogP contribution in [-0.4, -0.2) is 36.1 Å². The van der Waals surface area contributed by atoms with Gasteiger partial charge in [-0.3, -0.25) is 4.98 Å². The molecule has 1 aromatic carbocycles. The van der Waals surface area contributed by atoms with Crippen molar-refractivity contribution in [2.24, 2.45) is 0 Å². The van der Waals surface area contributed by atoms with E-state index in [4.69, 9.17) is 0 Å². The number of nitrogens with one attached hydrogen (secondary N) is 1. The number of aryl methyl sites for hydroxylation is 2. The van der Waals surface area contributed by atoms with E-state index in [1.807, 2.05) is 18.5 Å².